The molecule has 0 saturated heterocycles. The average Bonchev–Trinajstić information content (AvgIpc) is 2.86. The van der Waals surface area contributed by atoms with E-state index in [0.717, 1.165) is 46.2 Å². The van der Waals surface area contributed by atoms with E-state index in [4.69, 9.17) is 4.74 Å². The Morgan fingerprint density at radius 3 is 2.39 bits per heavy atom. The number of fused-ring (bicyclic) bond motifs is 1. The smallest absolute Gasteiger partial charge is 0.264 e. The molecule has 170 valence electrons. The number of carbonyl (C=O) groups is 1. The molecule has 3 aromatic rings. The molecule has 0 saturated carbocycles. The van der Waals surface area contributed by atoms with Gasteiger partial charge in [-0.2, -0.15) is 5.10 Å². The minimum Gasteiger partial charge on any atom is -0.497 e. The number of methoxy groups -OCH3 is 1. The molecular weight excluding hydrogens is 438 g/mol. The second kappa shape index (κ2) is 9.87. The molecule has 0 aliphatic heterocycles. The minimum atomic E-state index is -3.94. The van der Waals surface area contributed by atoms with Gasteiger partial charge in [0, 0.05) is 5.56 Å². The van der Waals surface area contributed by atoms with Gasteiger partial charge in [-0.3, -0.25) is 9.10 Å². The Morgan fingerprint density at radius 2 is 1.70 bits per heavy atom. The molecule has 0 radical (unpaired) electrons. The summed E-state index contributed by atoms with van der Waals surface area (Å²) in [6.45, 7) is -0.395. The first-order valence-corrected chi connectivity index (χ1v) is 12.1. The quantitative estimate of drug-likeness (QED) is 0.541. The van der Waals surface area contributed by atoms with E-state index in [9.17, 15) is 13.2 Å². The van der Waals surface area contributed by atoms with E-state index >= 15 is 0 Å². The molecule has 1 aliphatic carbocycles. The molecule has 7 nitrogen and oxygen atoms in total. The predicted molar refractivity (Wildman–Crippen MR) is 128 cm³/mol. The van der Waals surface area contributed by atoms with Crippen molar-refractivity contribution in [3.05, 3.63) is 90.0 Å². The van der Waals surface area contributed by atoms with E-state index in [-0.39, 0.29) is 4.90 Å². The fraction of sp³-hybridized carbons (Fsp3) is 0.200. The van der Waals surface area contributed by atoms with Gasteiger partial charge >= 0.3 is 0 Å². The van der Waals surface area contributed by atoms with Crippen molar-refractivity contribution < 1.29 is 17.9 Å². The Morgan fingerprint density at radius 1 is 1.00 bits per heavy atom. The van der Waals surface area contributed by atoms with Crippen LogP contribution in [0.15, 0.2) is 88.9 Å². The number of nitrogens with zero attached hydrogens (tertiary/aromatic N) is 2. The highest BCUT2D eigenvalue weighted by Gasteiger charge is 2.27. The van der Waals surface area contributed by atoms with Crippen LogP contribution < -0.4 is 14.5 Å². The van der Waals surface area contributed by atoms with Crippen molar-refractivity contribution in [2.24, 2.45) is 5.10 Å². The summed E-state index contributed by atoms with van der Waals surface area (Å²) in [4.78, 5) is 12.9. The third-order valence-electron chi connectivity index (χ3n) is 5.46. The second-order valence-corrected chi connectivity index (χ2v) is 9.49. The molecule has 0 atom stereocenters. The van der Waals surface area contributed by atoms with Gasteiger partial charge in [0.25, 0.3) is 15.9 Å². The summed E-state index contributed by atoms with van der Waals surface area (Å²) < 4.78 is 33.0. The monoisotopic (exact) mass is 463 g/mol. The summed E-state index contributed by atoms with van der Waals surface area (Å²) in [5, 5.41) is 4.34. The standard InChI is InChI=1S/C25H25N3O4S/c1-32-21-15-16-23-19(17-21)9-8-14-24(23)26-27-25(29)18-28(20-10-4-2-5-11-20)33(30,31)22-12-6-3-7-13-22/h2-7,10-13,15-17H,8-9,14,18H2,1H3,(H,27,29). The van der Waals surface area contributed by atoms with E-state index in [1.807, 2.05) is 18.2 Å². The number of benzene rings is 3. The van der Waals surface area contributed by atoms with Crippen LogP contribution >= 0.6 is 0 Å². The number of sulfonamides is 1. The van der Waals surface area contributed by atoms with Crippen LogP contribution in [0.2, 0.25) is 0 Å². The van der Waals surface area contributed by atoms with Gasteiger partial charge < -0.3 is 4.74 Å². The van der Waals surface area contributed by atoms with Crippen LogP contribution in [0.5, 0.6) is 5.75 Å². The van der Waals surface area contributed by atoms with Gasteiger partial charge in [-0.15, -0.1) is 0 Å². The highest BCUT2D eigenvalue weighted by Crippen LogP contribution is 2.26. The van der Waals surface area contributed by atoms with Crippen molar-refractivity contribution in [3.63, 3.8) is 0 Å². The van der Waals surface area contributed by atoms with Crippen LogP contribution in [-0.2, 0) is 21.2 Å². The number of ether oxygens (including phenoxy) is 1. The summed E-state index contributed by atoms with van der Waals surface area (Å²) in [5.74, 6) is 0.259. The number of nitrogens with one attached hydrogen (secondary N) is 1. The normalized spacial score (nSPS) is 14.4. The van der Waals surface area contributed by atoms with E-state index in [1.165, 1.54) is 12.1 Å². The number of para-hydroxylation sites is 1. The topological polar surface area (TPSA) is 88.1 Å². The molecule has 1 N–H and O–H groups in total. The Balaban J connectivity index is 1.57. The lowest BCUT2D eigenvalue weighted by atomic mass is 9.90. The third-order valence-corrected chi connectivity index (χ3v) is 7.25. The van der Waals surface area contributed by atoms with Crippen LogP contribution in [0.4, 0.5) is 5.69 Å². The second-order valence-electron chi connectivity index (χ2n) is 7.63. The van der Waals surface area contributed by atoms with E-state index in [1.54, 1.807) is 55.6 Å². The Bertz CT molecular complexity index is 1260. The van der Waals surface area contributed by atoms with Gasteiger partial charge in [0.2, 0.25) is 0 Å². The zero-order valence-corrected chi connectivity index (χ0v) is 19.1. The summed E-state index contributed by atoms with van der Waals surface area (Å²) in [5.41, 5.74) is 5.82. The van der Waals surface area contributed by atoms with Crippen molar-refractivity contribution in [1.82, 2.24) is 5.43 Å². The number of hydrogen-bond acceptors (Lipinski definition) is 5. The maximum absolute atomic E-state index is 13.3. The van der Waals surface area contributed by atoms with Gasteiger partial charge in [-0.05, 0) is 67.3 Å². The summed E-state index contributed by atoms with van der Waals surface area (Å²) in [6.07, 6.45) is 2.55. The van der Waals surface area contributed by atoms with Crippen molar-refractivity contribution in [2.45, 2.75) is 24.2 Å². The molecule has 1 amide bonds. The highest BCUT2D eigenvalue weighted by molar-refractivity contribution is 7.92. The lowest BCUT2D eigenvalue weighted by molar-refractivity contribution is -0.119. The zero-order valence-electron chi connectivity index (χ0n) is 18.3. The summed E-state index contributed by atoms with van der Waals surface area (Å²) in [6, 6.07) is 22.4. The fourth-order valence-electron chi connectivity index (χ4n) is 3.81. The lowest BCUT2D eigenvalue weighted by Gasteiger charge is -2.24. The number of anilines is 1. The SMILES string of the molecule is COc1ccc2c(c1)CCCC2=NNC(=O)CN(c1ccccc1)S(=O)(=O)c1ccccc1. The number of carbonyl (C=O) groups excluding carboxylic acids is 1. The number of aryl methyl sites for hydroxylation is 1. The molecule has 4 rings (SSSR count). The van der Waals surface area contributed by atoms with E-state index in [2.05, 4.69) is 10.5 Å². The fourth-order valence-corrected chi connectivity index (χ4v) is 5.25. The lowest BCUT2D eigenvalue weighted by Crippen LogP contribution is -2.39. The number of rotatable bonds is 7. The minimum absolute atomic E-state index is 0.114. The molecule has 0 bridgehead atoms. The highest BCUT2D eigenvalue weighted by atomic mass is 32.2. The predicted octanol–water partition coefficient (Wildman–Crippen LogP) is 3.75. The van der Waals surface area contributed by atoms with Gasteiger partial charge in [-0.25, -0.2) is 13.8 Å². The maximum Gasteiger partial charge on any atom is 0.264 e. The van der Waals surface area contributed by atoms with Crippen molar-refractivity contribution in [3.8, 4) is 5.75 Å². The number of hydrogen-bond donors (Lipinski definition) is 1. The zero-order chi connectivity index (χ0) is 23.3. The number of hydrazone groups is 1. The van der Waals surface area contributed by atoms with Gasteiger partial charge in [0.05, 0.1) is 23.4 Å². The Kier molecular flexibility index (Phi) is 6.74. The van der Waals surface area contributed by atoms with Crippen molar-refractivity contribution in [2.75, 3.05) is 18.0 Å². The van der Waals surface area contributed by atoms with Crippen molar-refractivity contribution in [1.29, 1.82) is 0 Å². The summed E-state index contributed by atoms with van der Waals surface area (Å²) in [7, 11) is -2.31. The van der Waals surface area contributed by atoms with Crippen LogP contribution in [-0.4, -0.2) is 33.7 Å². The van der Waals surface area contributed by atoms with Crippen LogP contribution in [0.3, 0.4) is 0 Å². The van der Waals surface area contributed by atoms with Crippen LogP contribution in [0.1, 0.15) is 24.0 Å². The van der Waals surface area contributed by atoms with Crippen molar-refractivity contribution >= 4 is 27.3 Å². The number of amides is 1. The third kappa shape index (κ3) is 5.06. The van der Waals surface area contributed by atoms with Gasteiger partial charge in [0.1, 0.15) is 12.3 Å². The molecule has 3 aromatic carbocycles. The summed E-state index contributed by atoms with van der Waals surface area (Å²) >= 11 is 0. The Hall–Kier alpha value is -3.65. The van der Waals surface area contributed by atoms with Gasteiger partial charge in [-0.1, -0.05) is 36.4 Å². The van der Waals surface area contributed by atoms with Crippen LogP contribution in [0.25, 0.3) is 0 Å². The first-order valence-electron chi connectivity index (χ1n) is 10.6. The Labute approximate surface area is 193 Å². The molecule has 0 unspecified atom stereocenters. The average molecular weight is 464 g/mol. The molecule has 0 heterocycles. The van der Waals surface area contributed by atoms with E-state index < -0.39 is 22.5 Å². The molecular formula is C25H25N3O4S. The van der Waals surface area contributed by atoms with E-state index in [0.29, 0.717) is 5.69 Å². The largest absolute Gasteiger partial charge is 0.497 e. The molecule has 33 heavy (non-hydrogen) atoms. The molecule has 0 aromatic heterocycles. The molecule has 8 heteroatoms. The molecule has 1 aliphatic rings. The molecule has 0 fully saturated rings. The maximum atomic E-state index is 13.3. The first-order chi connectivity index (χ1) is 16.0. The van der Waals surface area contributed by atoms with Crippen LogP contribution in [0, 0.1) is 0 Å². The first kappa shape index (κ1) is 22.5. The van der Waals surface area contributed by atoms with Gasteiger partial charge in [0.15, 0.2) is 0 Å². The molecule has 0 spiro atoms.